The van der Waals surface area contributed by atoms with E-state index in [1.54, 1.807) is 6.20 Å². The van der Waals surface area contributed by atoms with Crippen molar-refractivity contribution in [2.45, 2.75) is 252 Å². The van der Waals surface area contributed by atoms with E-state index in [0.29, 0.717) is 26.9 Å². The smallest absolute Gasteiger partial charge is 0.135 e. The van der Waals surface area contributed by atoms with E-state index in [0.717, 1.165) is 16.7 Å². The van der Waals surface area contributed by atoms with Gasteiger partial charge < -0.3 is 18.3 Å². The summed E-state index contributed by atoms with van der Waals surface area (Å²) >= 11 is 3.82. The molecule has 4 aliphatic rings. The predicted molar refractivity (Wildman–Crippen MR) is 605 cm³/mol. The van der Waals surface area contributed by atoms with Crippen molar-refractivity contribution in [2.24, 2.45) is 32.1 Å². The van der Waals surface area contributed by atoms with Gasteiger partial charge in [0.25, 0.3) is 0 Å². The van der Waals surface area contributed by atoms with Gasteiger partial charge in [0.15, 0.2) is 0 Å². The maximum atomic E-state index is 5.90. The lowest BCUT2D eigenvalue weighted by Gasteiger charge is -2.26. The average molecular weight is 1860 g/mol. The molecule has 4 unspecified atom stereocenters. The predicted octanol–water partition coefficient (Wildman–Crippen LogP) is 37.3. The number of allylic oxidation sites excluding steroid dienone is 5. The van der Waals surface area contributed by atoms with Gasteiger partial charge in [-0.2, -0.15) is 0 Å². The lowest BCUT2D eigenvalue weighted by atomic mass is 9.85. The van der Waals surface area contributed by atoms with Gasteiger partial charge in [-0.25, -0.2) is 0 Å². The highest BCUT2D eigenvalue weighted by Gasteiger charge is 2.35. The Morgan fingerprint density at radius 2 is 0.759 bits per heavy atom. The third-order valence-electron chi connectivity index (χ3n) is 21.7. The Morgan fingerprint density at radius 3 is 1.19 bits per heavy atom. The molecule has 716 valence electrons. The highest BCUT2D eigenvalue weighted by atomic mass is 32.2. The van der Waals surface area contributed by atoms with Crippen LogP contribution in [0.1, 0.15) is 224 Å². The normalized spacial score (nSPS) is 15.4. The first-order chi connectivity index (χ1) is 64.4. The molecule has 0 saturated carbocycles. The van der Waals surface area contributed by atoms with Crippen molar-refractivity contribution < 1.29 is 9.15 Å². The van der Waals surface area contributed by atoms with Crippen molar-refractivity contribution in [3.8, 4) is 5.69 Å². The van der Waals surface area contributed by atoms with Gasteiger partial charge in [0.05, 0.1) is 33.6 Å². The summed E-state index contributed by atoms with van der Waals surface area (Å²) in [5, 5.41) is 12.6. The summed E-state index contributed by atoms with van der Waals surface area (Å²) in [5.41, 5.74) is 18.6. The highest BCUT2D eigenvalue weighted by molar-refractivity contribution is 8.01. The lowest BCUT2D eigenvalue weighted by Crippen LogP contribution is -2.26. The van der Waals surface area contributed by atoms with E-state index < -0.39 is 0 Å². The molecular weight excluding hydrogens is 1710 g/mol. The second kappa shape index (κ2) is 47.0. The Labute approximate surface area is 829 Å². The number of benzene rings is 10. The van der Waals surface area contributed by atoms with Crippen molar-refractivity contribution in [3.63, 3.8) is 0 Å². The zero-order valence-electron chi connectivity index (χ0n) is 87.8. The summed E-state index contributed by atoms with van der Waals surface area (Å²) in [4.78, 5) is 17.2. The van der Waals surface area contributed by atoms with Crippen LogP contribution in [0.5, 0.6) is 0 Å². The van der Waals surface area contributed by atoms with Gasteiger partial charge in [0.2, 0.25) is 0 Å². The minimum Gasteiger partial charge on any atom is -0.456 e. The van der Waals surface area contributed by atoms with E-state index in [9.17, 15) is 0 Å². The number of rotatable bonds is 1. The zero-order valence-corrected chi connectivity index (χ0v) is 89.4. The van der Waals surface area contributed by atoms with E-state index in [2.05, 4.69) is 511 Å². The van der Waals surface area contributed by atoms with Crippen molar-refractivity contribution in [3.05, 3.63) is 387 Å². The molecule has 8 nitrogen and oxygen atoms in total. The Bertz CT molecular complexity index is 6410. The molecular formula is C127H154N6O2S2. The molecule has 0 radical (unpaired) electrons. The maximum absolute atomic E-state index is 5.90. The monoisotopic (exact) mass is 1860 g/mol. The number of hydrogen-bond acceptors (Lipinski definition) is 8. The zero-order chi connectivity index (χ0) is 99.9. The fourth-order valence-corrected chi connectivity index (χ4v) is 17.7. The van der Waals surface area contributed by atoms with Crippen LogP contribution in [0.3, 0.4) is 0 Å². The topological polar surface area (TPSA) is 83.3 Å². The second-order valence-electron chi connectivity index (χ2n) is 46.4. The van der Waals surface area contributed by atoms with Crippen molar-refractivity contribution in [1.82, 2.24) is 24.1 Å². The Kier molecular flexibility index (Phi) is 36.8. The van der Waals surface area contributed by atoms with Gasteiger partial charge in [0, 0.05) is 111 Å². The molecule has 9 heterocycles. The van der Waals surface area contributed by atoms with Crippen LogP contribution in [-0.4, -0.2) is 52.6 Å². The Morgan fingerprint density at radius 1 is 0.336 bits per heavy atom. The van der Waals surface area contributed by atoms with Gasteiger partial charge in [-0.15, -0.1) is 23.1 Å². The fourth-order valence-electron chi connectivity index (χ4n) is 15.2. The molecule has 0 fully saturated rings. The van der Waals surface area contributed by atoms with Crippen molar-refractivity contribution in [2.75, 3.05) is 0 Å². The Hall–Kier alpha value is -11.8. The first-order valence-corrected chi connectivity index (χ1v) is 50.3. The quantitative estimate of drug-likeness (QED) is 0.163. The molecule has 10 aromatic carbocycles. The molecule has 4 atom stereocenters. The average Bonchev–Trinajstić information content (AvgIpc) is 1.59. The molecule has 0 spiro atoms. The van der Waals surface area contributed by atoms with Crippen LogP contribution in [0.25, 0.3) is 102 Å². The number of pyridine rings is 3. The van der Waals surface area contributed by atoms with E-state index in [-0.39, 0.29) is 44.8 Å². The summed E-state index contributed by atoms with van der Waals surface area (Å²) in [7, 11) is 0. The van der Waals surface area contributed by atoms with Crippen LogP contribution in [-0.2, 0) is 26.5 Å². The van der Waals surface area contributed by atoms with E-state index in [4.69, 9.17) is 14.1 Å². The molecule has 21 rings (SSSR count). The first kappa shape index (κ1) is 107. The van der Waals surface area contributed by atoms with Gasteiger partial charge in [-0.3, -0.25) is 19.9 Å². The van der Waals surface area contributed by atoms with Crippen LogP contribution < -0.4 is 0 Å². The van der Waals surface area contributed by atoms with Crippen molar-refractivity contribution >= 4 is 125 Å². The molecule has 10 heteroatoms. The minimum atomic E-state index is 0.0999. The van der Waals surface area contributed by atoms with Crippen LogP contribution in [0.4, 0.5) is 0 Å². The number of thiophene rings is 1. The highest BCUT2D eigenvalue weighted by Crippen LogP contribution is 2.43. The van der Waals surface area contributed by atoms with Gasteiger partial charge in [-0.05, 0) is 183 Å². The third kappa shape index (κ3) is 32.4. The number of ether oxygens (including phenoxy) is 1. The summed E-state index contributed by atoms with van der Waals surface area (Å²) in [5.74, 6) is 0. The Balaban J connectivity index is 0.000000157. The van der Waals surface area contributed by atoms with Crippen LogP contribution in [0.2, 0.25) is 0 Å². The number of thioether (sulfide) groups is 1. The fraction of sp³-hybridized carbons (Fsp3) is 0.339. The molecule has 0 N–H and O–H groups in total. The molecule has 137 heavy (non-hydrogen) atoms. The number of hydrogen-bond donors (Lipinski definition) is 0. The molecule has 17 aromatic rings. The number of para-hydroxylation sites is 8. The van der Waals surface area contributed by atoms with Gasteiger partial charge in [0.1, 0.15) is 22.6 Å². The molecule has 2 aliphatic heterocycles. The van der Waals surface area contributed by atoms with Crippen LogP contribution >= 0.6 is 23.1 Å². The SMILES string of the molecule is CC(C)(C)C.CC(C)(C)C.CC(C)(C)C.CC(C)(C)C1C=C2C=CC=CC2O1.CC(C)(C)C1N=C2C=CC=CC2S1.CC(C)(C)c1cccc2cccnc12.CC(C)(C)c1cccnc1.CC(C)(C)c1ccncc1.CC(C)(C)n1c2ccccc2c2ccccc21.c1ccc(-n2c3ccccc3c3ccccc32)cc1.c1ccc2c(c1)oc1ccccc12.c1ccc2c(c1)sc1ccccc12. The molecule has 0 amide bonds. The lowest BCUT2D eigenvalue weighted by molar-refractivity contribution is 0.0165. The maximum Gasteiger partial charge on any atom is 0.135 e. The third-order valence-corrected chi connectivity index (χ3v) is 24.6. The molecule has 0 bridgehead atoms. The molecule has 2 aliphatic carbocycles. The number of furan rings is 1. The molecule has 7 aromatic heterocycles. The van der Waals surface area contributed by atoms with Crippen LogP contribution in [0, 0.1) is 27.1 Å². The van der Waals surface area contributed by atoms with E-state index >= 15 is 0 Å². The number of fused-ring (bicyclic) bond motifs is 15. The summed E-state index contributed by atoms with van der Waals surface area (Å²) in [6.07, 6.45) is 28.8. The van der Waals surface area contributed by atoms with Gasteiger partial charge in [-0.1, -0.05) is 424 Å². The van der Waals surface area contributed by atoms with Gasteiger partial charge >= 0.3 is 0 Å². The summed E-state index contributed by atoms with van der Waals surface area (Å²) < 4.78 is 19.1. The van der Waals surface area contributed by atoms with E-state index in [1.165, 1.54) is 114 Å². The second-order valence-corrected chi connectivity index (χ2v) is 48.7. The molecule has 0 saturated heterocycles. The first-order valence-electron chi connectivity index (χ1n) is 48.6. The van der Waals surface area contributed by atoms with E-state index in [1.807, 2.05) is 102 Å². The number of aromatic nitrogens is 5. The van der Waals surface area contributed by atoms with Crippen molar-refractivity contribution in [1.29, 1.82) is 0 Å². The number of aliphatic imine (C=N–C) groups is 1. The summed E-state index contributed by atoms with van der Waals surface area (Å²) in [6, 6.07) is 96.9. The standard InChI is InChI=1S/C18H13N.C16H17N.C13H15N.C12H8O.C12H16O.C12H8S.C11H15NS.2C9H13N.3C5H12/c1-2-8-14(9-3-1)19-17-12-6-4-10-15(17)16-11-5-7-13-18(16)19;1-16(2,3)17-14-10-6-4-8-12(14)13-9-5-7-11-15(13)17;1-13(2,3)11-8-4-6-10-7-5-9-14-12(10)11;1-3-7-11-9(5-1)10-6-2-4-8-12(10)13-11;1-12(2,3)11-8-9-6-4-5-7-10(9)13-11;1-3-7-11-9(5-1)10-6-2-4-8-12(10)13-11;1-11(2,3)10-12-8-6-4-5-7-9(8)13-10;1-9(2,3)8-4-6-10-7-5-8;1-9(2,3)8-5-4-6-10-7-8;3*1-5(2,3)4/h1-13H;4-11H,1-3H3;4-9H,1-3H3;1-8H;4-8,10-11H,1-3H3;1-8H;4-7,9-10H,1-3H3;2*4-7H,1-3H3;3*1-4H3. The van der Waals surface area contributed by atoms with Crippen LogP contribution in [0.15, 0.2) is 380 Å². The minimum absolute atomic E-state index is 0.0999. The summed E-state index contributed by atoms with van der Waals surface area (Å²) in [6.45, 7) is 66.2. The number of nitrogens with zero attached hydrogens (tertiary/aromatic N) is 6. The largest absolute Gasteiger partial charge is 0.456 e.